The molecule has 0 unspecified atom stereocenters. The summed E-state index contributed by atoms with van der Waals surface area (Å²) in [6.07, 6.45) is 0. The Kier molecular flexibility index (Phi) is 8.04. The number of aromatic nitrogens is 4. The molecule has 4 aliphatic heterocycles. The molecule has 4 nitrogen and oxygen atoms in total. The lowest BCUT2D eigenvalue weighted by Crippen LogP contribution is -2.59. The SMILES string of the molecule is Cc1cc2c3c4c1c1ccccc1n4-c1ccccc1B3c1cc(C(C)(C)C)cc3c4cc(C(C)(C)C)ccc4n-2c13.Cc1cc2c3c4c1c1ccccc1n4-c1ccccc1B3c1cccc3c4ccccc4n-2c13. The Morgan fingerprint density at radius 3 is 1.29 bits per heavy atom. The van der Waals surface area contributed by atoms with Gasteiger partial charge in [-0.2, -0.15) is 0 Å². The molecule has 10 aromatic carbocycles. The molecule has 14 aromatic rings. The minimum atomic E-state index is 0.0344. The number of hydrogen-bond acceptors (Lipinski definition) is 0. The van der Waals surface area contributed by atoms with Gasteiger partial charge >= 0.3 is 0 Å². The standard InChI is InChI=1S/C39H35BN2.C31H19BN2/c1-22-18-33-35-37-34(22)25-12-8-10-14-30(25)41(37)32-15-11-9-13-28(32)40(35)29-21-24(39(5,6)7)20-27-26-19-23(38(2,3)4)16-17-31(26)42(33)36(27)29;1-18-17-27-29-31-28(18)21-10-3-6-15-25(21)33(31)26-16-7-4-12-22(26)32(29)23-13-8-11-20-19-9-2-5-14-24(19)34(27)30(20)23/h8-21H,1-7H3;2-17H,1H3. The largest absolute Gasteiger partial charge is 0.310 e. The Morgan fingerprint density at radius 1 is 0.303 bits per heavy atom. The maximum atomic E-state index is 2.60. The van der Waals surface area contributed by atoms with E-state index < -0.39 is 0 Å². The van der Waals surface area contributed by atoms with Crippen molar-refractivity contribution in [3.63, 3.8) is 0 Å². The predicted molar refractivity (Wildman–Crippen MR) is 326 cm³/mol. The maximum absolute atomic E-state index is 2.60. The Morgan fingerprint density at radius 2 is 0.724 bits per heavy atom. The summed E-state index contributed by atoms with van der Waals surface area (Å²) in [7, 11) is 0. The van der Waals surface area contributed by atoms with Crippen molar-refractivity contribution in [1.82, 2.24) is 18.3 Å². The first-order valence-electron chi connectivity index (χ1n) is 27.3. The molecule has 0 bridgehead atoms. The molecule has 0 aliphatic carbocycles. The Labute approximate surface area is 442 Å². The van der Waals surface area contributed by atoms with E-state index in [0.29, 0.717) is 0 Å². The maximum Gasteiger partial charge on any atom is 0.252 e. The zero-order valence-electron chi connectivity index (χ0n) is 44.3. The molecule has 0 saturated carbocycles. The van der Waals surface area contributed by atoms with Crippen molar-refractivity contribution >= 4 is 133 Å². The number of aryl methyl sites for hydroxylation is 2. The summed E-state index contributed by atoms with van der Waals surface area (Å²) in [6.45, 7) is 19.0. The van der Waals surface area contributed by atoms with Crippen LogP contribution < -0.4 is 32.8 Å². The zero-order chi connectivity index (χ0) is 51.0. The molecule has 18 rings (SSSR count). The summed E-state index contributed by atoms with van der Waals surface area (Å²) >= 11 is 0. The first-order chi connectivity index (χ1) is 36.9. The highest BCUT2D eigenvalue weighted by molar-refractivity contribution is 7.01. The molecular formula is C70H54B2N4. The van der Waals surface area contributed by atoms with Gasteiger partial charge in [0.25, 0.3) is 13.4 Å². The first kappa shape index (κ1) is 42.8. The van der Waals surface area contributed by atoms with Crippen LogP contribution in [0.1, 0.15) is 63.8 Å². The summed E-state index contributed by atoms with van der Waals surface area (Å²) in [6, 6.07) is 69.0. The van der Waals surface area contributed by atoms with Crippen LogP contribution in [-0.4, -0.2) is 31.7 Å². The molecule has 76 heavy (non-hydrogen) atoms. The smallest absolute Gasteiger partial charge is 0.252 e. The van der Waals surface area contributed by atoms with E-state index in [4.69, 9.17) is 0 Å². The molecule has 4 aliphatic rings. The normalized spacial score (nSPS) is 13.7. The fourth-order valence-corrected chi connectivity index (χ4v) is 15.1. The Bertz CT molecular complexity index is 5000. The molecule has 0 amide bonds. The third kappa shape index (κ3) is 5.18. The van der Waals surface area contributed by atoms with Crippen molar-refractivity contribution < 1.29 is 0 Å². The summed E-state index contributed by atoms with van der Waals surface area (Å²) in [4.78, 5) is 0. The van der Waals surface area contributed by atoms with Crippen molar-refractivity contribution in [3.8, 4) is 22.7 Å². The van der Waals surface area contributed by atoms with Crippen molar-refractivity contribution in [1.29, 1.82) is 0 Å². The van der Waals surface area contributed by atoms with Crippen LogP contribution >= 0.6 is 0 Å². The third-order valence-electron chi connectivity index (χ3n) is 18.3. The predicted octanol–water partition coefficient (Wildman–Crippen LogP) is 13.3. The Hall–Kier alpha value is -8.47. The molecule has 8 heterocycles. The second kappa shape index (κ2) is 14.3. The number of para-hydroxylation sites is 6. The van der Waals surface area contributed by atoms with Crippen molar-refractivity contribution in [3.05, 3.63) is 204 Å². The van der Waals surface area contributed by atoms with E-state index in [1.165, 1.54) is 165 Å². The zero-order valence-corrected chi connectivity index (χ0v) is 44.3. The van der Waals surface area contributed by atoms with Gasteiger partial charge in [-0.3, -0.25) is 0 Å². The molecule has 0 spiro atoms. The molecule has 4 aromatic heterocycles. The number of rotatable bonds is 0. The van der Waals surface area contributed by atoms with Crippen LogP contribution in [0.15, 0.2) is 182 Å². The van der Waals surface area contributed by atoms with E-state index in [1.54, 1.807) is 0 Å². The lowest BCUT2D eigenvalue weighted by atomic mass is 9.34. The second-order valence-corrected chi connectivity index (χ2v) is 24.5. The molecule has 0 fully saturated rings. The average molecular weight is 973 g/mol. The van der Waals surface area contributed by atoms with E-state index in [9.17, 15) is 0 Å². The topological polar surface area (TPSA) is 19.7 Å². The number of nitrogens with zero attached hydrogens (tertiary/aromatic N) is 4. The fraction of sp³-hybridized carbons (Fsp3) is 0.143. The van der Waals surface area contributed by atoms with Crippen LogP contribution in [0.3, 0.4) is 0 Å². The monoisotopic (exact) mass is 972 g/mol. The van der Waals surface area contributed by atoms with Crippen LogP contribution in [0.2, 0.25) is 0 Å². The van der Waals surface area contributed by atoms with Gasteiger partial charge in [0.05, 0.1) is 33.1 Å². The van der Waals surface area contributed by atoms with Crippen LogP contribution in [0.5, 0.6) is 0 Å². The second-order valence-electron chi connectivity index (χ2n) is 24.5. The van der Waals surface area contributed by atoms with Crippen LogP contribution in [0.25, 0.3) is 110 Å². The van der Waals surface area contributed by atoms with E-state index in [0.717, 1.165) is 0 Å². The van der Waals surface area contributed by atoms with Crippen LogP contribution in [0.4, 0.5) is 0 Å². The van der Waals surface area contributed by atoms with Gasteiger partial charge in [0, 0.05) is 76.9 Å². The number of fused-ring (bicyclic) bond motifs is 22. The summed E-state index contributed by atoms with van der Waals surface area (Å²) < 4.78 is 10.2. The van der Waals surface area contributed by atoms with E-state index in [2.05, 4.69) is 256 Å². The highest BCUT2D eigenvalue weighted by atomic mass is 15.0. The molecule has 0 atom stereocenters. The highest BCUT2D eigenvalue weighted by Crippen LogP contribution is 2.44. The number of hydrogen-bond donors (Lipinski definition) is 0. The van der Waals surface area contributed by atoms with Crippen molar-refractivity contribution in [2.24, 2.45) is 0 Å². The van der Waals surface area contributed by atoms with Gasteiger partial charge in [0.2, 0.25) is 0 Å². The molecule has 360 valence electrons. The molecule has 0 N–H and O–H groups in total. The Balaban J connectivity index is 0.000000126. The minimum absolute atomic E-state index is 0.0344. The van der Waals surface area contributed by atoms with Crippen LogP contribution in [-0.2, 0) is 10.8 Å². The highest BCUT2D eigenvalue weighted by Gasteiger charge is 2.43. The summed E-state index contributed by atoms with van der Waals surface area (Å²) in [5.74, 6) is 0. The van der Waals surface area contributed by atoms with Gasteiger partial charge in [-0.05, 0) is 140 Å². The van der Waals surface area contributed by atoms with Crippen LogP contribution in [0, 0.1) is 13.8 Å². The molecule has 0 radical (unpaired) electrons. The van der Waals surface area contributed by atoms with Gasteiger partial charge in [0.1, 0.15) is 0 Å². The van der Waals surface area contributed by atoms with E-state index in [-0.39, 0.29) is 24.3 Å². The van der Waals surface area contributed by atoms with Crippen molar-refractivity contribution in [2.75, 3.05) is 0 Å². The van der Waals surface area contributed by atoms with Crippen molar-refractivity contribution in [2.45, 2.75) is 66.2 Å². The lowest BCUT2D eigenvalue weighted by molar-refractivity contribution is 0.590. The van der Waals surface area contributed by atoms with Gasteiger partial charge in [0.15, 0.2) is 0 Å². The molecular weight excluding hydrogens is 918 g/mol. The summed E-state index contributed by atoms with van der Waals surface area (Å²) in [5, 5.41) is 10.9. The van der Waals surface area contributed by atoms with Gasteiger partial charge in [-0.25, -0.2) is 0 Å². The minimum Gasteiger partial charge on any atom is -0.310 e. The van der Waals surface area contributed by atoms with Gasteiger partial charge < -0.3 is 18.3 Å². The quantitative estimate of drug-likeness (QED) is 0.135. The van der Waals surface area contributed by atoms with Gasteiger partial charge in [-0.1, -0.05) is 163 Å². The molecule has 0 saturated heterocycles. The van der Waals surface area contributed by atoms with Gasteiger partial charge in [-0.15, -0.1) is 0 Å². The average Bonchev–Trinajstić information content (AvgIpc) is 4.33. The third-order valence-corrected chi connectivity index (χ3v) is 18.3. The number of benzene rings is 10. The molecule has 6 heteroatoms. The lowest BCUT2D eigenvalue weighted by Gasteiger charge is -2.34. The summed E-state index contributed by atoms with van der Waals surface area (Å²) in [5.41, 5.74) is 30.1. The fourth-order valence-electron chi connectivity index (χ4n) is 15.1. The van der Waals surface area contributed by atoms with E-state index >= 15 is 0 Å². The van der Waals surface area contributed by atoms with E-state index in [1.807, 2.05) is 0 Å². The first-order valence-corrected chi connectivity index (χ1v) is 27.3.